The fourth-order valence-corrected chi connectivity index (χ4v) is 3.10. The van der Waals surface area contributed by atoms with Crippen LogP contribution in [-0.2, 0) is 4.79 Å². The van der Waals surface area contributed by atoms with E-state index in [1.165, 1.54) is 0 Å². The van der Waals surface area contributed by atoms with Crippen molar-refractivity contribution in [2.24, 2.45) is 5.92 Å². The van der Waals surface area contributed by atoms with Gasteiger partial charge in [0.15, 0.2) is 0 Å². The predicted molar refractivity (Wildman–Crippen MR) is 91.4 cm³/mol. The average molecular weight is 343 g/mol. The lowest BCUT2D eigenvalue weighted by Crippen LogP contribution is -2.38. The number of aromatic nitrogens is 2. The minimum Gasteiger partial charge on any atom is -0.497 e. The molecule has 0 spiro atoms. The van der Waals surface area contributed by atoms with E-state index >= 15 is 0 Å². The average Bonchev–Trinajstić information content (AvgIpc) is 3.12. The number of methoxy groups -OCH3 is 1. The molecule has 7 nitrogen and oxygen atoms in total. The quantitative estimate of drug-likeness (QED) is 0.773. The maximum Gasteiger partial charge on any atom is 0.306 e. The Morgan fingerprint density at radius 2 is 1.88 bits per heavy atom. The normalized spacial score (nSPS) is 20.0. The third kappa shape index (κ3) is 3.99. The highest BCUT2D eigenvalue weighted by Gasteiger charge is 2.27. The summed E-state index contributed by atoms with van der Waals surface area (Å²) in [6.07, 6.45) is 2.56. The number of benzene rings is 1. The fourth-order valence-electron chi connectivity index (χ4n) is 3.10. The van der Waals surface area contributed by atoms with E-state index in [-0.39, 0.29) is 17.9 Å². The van der Waals surface area contributed by atoms with Crippen LogP contribution in [-0.4, -0.2) is 40.3 Å². The second-order valence-corrected chi connectivity index (χ2v) is 6.26. The van der Waals surface area contributed by atoms with Gasteiger partial charge in [0.2, 0.25) is 0 Å². The first kappa shape index (κ1) is 17.0. The van der Waals surface area contributed by atoms with Crippen LogP contribution >= 0.6 is 0 Å². The second kappa shape index (κ2) is 7.38. The van der Waals surface area contributed by atoms with Gasteiger partial charge in [0.25, 0.3) is 5.91 Å². The molecule has 0 atom stereocenters. The summed E-state index contributed by atoms with van der Waals surface area (Å²) in [6.45, 7) is 0. The van der Waals surface area contributed by atoms with Gasteiger partial charge in [-0.2, -0.15) is 5.10 Å². The Kier molecular flexibility index (Phi) is 5.02. The molecule has 1 heterocycles. The van der Waals surface area contributed by atoms with Crippen LogP contribution in [0, 0.1) is 5.92 Å². The van der Waals surface area contributed by atoms with E-state index in [0.29, 0.717) is 37.1 Å². The number of nitrogens with zero attached hydrogens (tertiary/aromatic N) is 1. The molecule has 0 bridgehead atoms. The molecule has 0 saturated heterocycles. The zero-order valence-electron chi connectivity index (χ0n) is 14.0. The lowest BCUT2D eigenvalue weighted by Gasteiger charge is -2.26. The van der Waals surface area contributed by atoms with E-state index in [0.717, 1.165) is 11.3 Å². The van der Waals surface area contributed by atoms with E-state index in [4.69, 9.17) is 9.84 Å². The summed E-state index contributed by atoms with van der Waals surface area (Å²) in [5.74, 6) is -0.496. The summed E-state index contributed by atoms with van der Waals surface area (Å²) < 4.78 is 5.13. The molecule has 1 saturated carbocycles. The number of nitrogens with one attached hydrogen (secondary N) is 2. The van der Waals surface area contributed by atoms with Crippen LogP contribution in [0.3, 0.4) is 0 Å². The van der Waals surface area contributed by atoms with Gasteiger partial charge in [-0.3, -0.25) is 14.7 Å². The number of amides is 1. The summed E-state index contributed by atoms with van der Waals surface area (Å²) in [4.78, 5) is 23.3. The van der Waals surface area contributed by atoms with Gasteiger partial charge in [-0.1, -0.05) is 0 Å². The van der Waals surface area contributed by atoms with Gasteiger partial charge in [-0.25, -0.2) is 0 Å². The third-order valence-electron chi connectivity index (χ3n) is 4.62. The molecule has 1 aromatic carbocycles. The zero-order valence-corrected chi connectivity index (χ0v) is 14.0. The van der Waals surface area contributed by atoms with Gasteiger partial charge in [-0.05, 0) is 56.0 Å². The molecule has 25 heavy (non-hydrogen) atoms. The molecular weight excluding hydrogens is 322 g/mol. The lowest BCUT2D eigenvalue weighted by atomic mass is 9.86. The van der Waals surface area contributed by atoms with E-state index in [9.17, 15) is 9.59 Å². The number of carboxylic acids is 1. The largest absolute Gasteiger partial charge is 0.497 e. The van der Waals surface area contributed by atoms with Crippen LogP contribution in [0.4, 0.5) is 0 Å². The van der Waals surface area contributed by atoms with Gasteiger partial charge in [0.1, 0.15) is 11.4 Å². The van der Waals surface area contributed by atoms with Gasteiger partial charge < -0.3 is 15.2 Å². The molecule has 2 aromatic rings. The van der Waals surface area contributed by atoms with E-state index in [2.05, 4.69) is 15.5 Å². The highest BCUT2D eigenvalue weighted by molar-refractivity contribution is 5.93. The summed E-state index contributed by atoms with van der Waals surface area (Å²) >= 11 is 0. The molecule has 0 radical (unpaired) electrons. The molecule has 1 aliphatic carbocycles. The van der Waals surface area contributed by atoms with Crippen LogP contribution < -0.4 is 10.1 Å². The lowest BCUT2D eigenvalue weighted by molar-refractivity contribution is -0.142. The SMILES string of the molecule is COc1ccc(-c2cc(C(=O)NC3CCC(C(=O)O)CC3)[nH]n2)cc1. The Hall–Kier alpha value is -2.83. The molecule has 0 unspecified atom stereocenters. The molecule has 0 aliphatic heterocycles. The molecular formula is C18H21N3O4. The number of aliphatic carboxylic acids is 1. The molecule has 1 aliphatic rings. The zero-order chi connectivity index (χ0) is 17.8. The maximum atomic E-state index is 12.4. The van der Waals surface area contributed by atoms with Crippen molar-refractivity contribution in [3.63, 3.8) is 0 Å². The summed E-state index contributed by atoms with van der Waals surface area (Å²) in [5, 5.41) is 18.9. The third-order valence-corrected chi connectivity index (χ3v) is 4.62. The predicted octanol–water partition coefficient (Wildman–Crippen LogP) is 2.46. The Morgan fingerprint density at radius 1 is 1.20 bits per heavy atom. The van der Waals surface area contributed by atoms with Crippen molar-refractivity contribution in [3.8, 4) is 17.0 Å². The van der Waals surface area contributed by atoms with Crippen molar-refractivity contribution in [1.29, 1.82) is 0 Å². The van der Waals surface area contributed by atoms with Gasteiger partial charge in [-0.15, -0.1) is 0 Å². The highest BCUT2D eigenvalue weighted by Crippen LogP contribution is 2.25. The van der Waals surface area contributed by atoms with Crippen molar-refractivity contribution in [2.75, 3.05) is 7.11 Å². The second-order valence-electron chi connectivity index (χ2n) is 6.26. The van der Waals surface area contributed by atoms with Crippen molar-refractivity contribution in [2.45, 2.75) is 31.7 Å². The Balaban J connectivity index is 1.60. The minimum atomic E-state index is -0.748. The van der Waals surface area contributed by atoms with Crippen LogP contribution in [0.1, 0.15) is 36.2 Å². The number of hydrogen-bond acceptors (Lipinski definition) is 4. The fraction of sp³-hybridized carbons (Fsp3) is 0.389. The minimum absolute atomic E-state index is 0.0100. The number of ether oxygens (including phenoxy) is 1. The number of carbonyl (C=O) groups excluding carboxylic acids is 1. The smallest absolute Gasteiger partial charge is 0.306 e. The molecule has 1 amide bonds. The molecule has 7 heteroatoms. The summed E-state index contributed by atoms with van der Waals surface area (Å²) in [5.41, 5.74) is 1.96. The van der Waals surface area contributed by atoms with Crippen molar-refractivity contribution < 1.29 is 19.4 Å². The Bertz CT molecular complexity index is 746. The van der Waals surface area contributed by atoms with Gasteiger partial charge in [0, 0.05) is 11.6 Å². The topological polar surface area (TPSA) is 104 Å². The molecule has 1 aromatic heterocycles. The number of carbonyl (C=O) groups is 2. The molecule has 3 rings (SSSR count). The monoisotopic (exact) mass is 343 g/mol. The Morgan fingerprint density at radius 3 is 2.48 bits per heavy atom. The maximum absolute atomic E-state index is 12.4. The standard InChI is InChI=1S/C18H21N3O4/c1-25-14-8-4-11(5-9-14)15-10-16(21-20-15)17(22)19-13-6-2-12(3-7-13)18(23)24/h4-5,8-10,12-13H,2-3,6-7H2,1H3,(H,19,22)(H,20,21)(H,23,24). The van der Waals surface area contributed by atoms with E-state index in [1.807, 2.05) is 24.3 Å². The van der Waals surface area contributed by atoms with Crippen LogP contribution in [0.2, 0.25) is 0 Å². The first-order chi connectivity index (χ1) is 12.1. The van der Waals surface area contributed by atoms with E-state index < -0.39 is 5.97 Å². The van der Waals surface area contributed by atoms with Gasteiger partial charge >= 0.3 is 5.97 Å². The van der Waals surface area contributed by atoms with Crippen molar-refractivity contribution >= 4 is 11.9 Å². The first-order valence-electron chi connectivity index (χ1n) is 8.30. The summed E-state index contributed by atoms with van der Waals surface area (Å²) in [7, 11) is 1.61. The van der Waals surface area contributed by atoms with Gasteiger partial charge in [0.05, 0.1) is 18.7 Å². The molecule has 1 fully saturated rings. The molecule has 132 valence electrons. The Labute approximate surface area is 145 Å². The highest BCUT2D eigenvalue weighted by atomic mass is 16.5. The first-order valence-corrected chi connectivity index (χ1v) is 8.30. The van der Waals surface area contributed by atoms with Crippen LogP contribution in [0.5, 0.6) is 5.75 Å². The molecule has 3 N–H and O–H groups in total. The summed E-state index contributed by atoms with van der Waals surface area (Å²) in [6, 6.07) is 9.15. The van der Waals surface area contributed by atoms with Crippen molar-refractivity contribution in [3.05, 3.63) is 36.0 Å². The number of aromatic amines is 1. The number of H-pyrrole nitrogens is 1. The number of hydrogen-bond donors (Lipinski definition) is 3. The number of rotatable bonds is 5. The van der Waals surface area contributed by atoms with Crippen LogP contribution in [0.25, 0.3) is 11.3 Å². The number of carboxylic acid groups (broad SMARTS) is 1. The van der Waals surface area contributed by atoms with Crippen molar-refractivity contribution in [1.82, 2.24) is 15.5 Å². The van der Waals surface area contributed by atoms with E-state index in [1.54, 1.807) is 13.2 Å². The van der Waals surface area contributed by atoms with Crippen LogP contribution in [0.15, 0.2) is 30.3 Å².